The maximum Gasteiger partial charge on any atom is 0.0274 e. The van der Waals surface area contributed by atoms with Crippen molar-refractivity contribution in [3.8, 4) is 0 Å². The second kappa shape index (κ2) is 5.61. The molecule has 2 aliphatic rings. The Morgan fingerprint density at radius 2 is 2.00 bits per heavy atom. The number of likely N-dealkylation sites (N-methyl/N-ethyl adjacent to an activating group) is 1. The minimum absolute atomic E-state index is 0.696. The normalized spacial score (nSPS) is 25.3. The number of piperazine rings is 1. The van der Waals surface area contributed by atoms with Crippen LogP contribution in [-0.2, 0) is 6.42 Å². The molecular formula is C14H21N3S. The molecule has 3 rings (SSSR count). The van der Waals surface area contributed by atoms with Gasteiger partial charge in [-0.1, -0.05) is 18.2 Å². The lowest BCUT2D eigenvalue weighted by atomic mass is 10.1. The predicted molar refractivity (Wildman–Crippen MR) is 76.9 cm³/mol. The molecule has 0 spiro atoms. The topological polar surface area (TPSA) is 18.5 Å². The number of thioether (sulfide) groups is 1. The number of hydrazine groups is 1. The first kappa shape index (κ1) is 12.5. The average Bonchev–Trinajstić information content (AvgIpc) is 2.81. The van der Waals surface area contributed by atoms with Gasteiger partial charge >= 0.3 is 0 Å². The summed E-state index contributed by atoms with van der Waals surface area (Å²) >= 11 is 2.03. The molecule has 1 aromatic rings. The molecule has 1 atom stereocenters. The zero-order chi connectivity index (χ0) is 12.4. The van der Waals surface area contributed by atoms with Gasteiger partial charge in [0.05, 0.1) is 0 Å². The molecule has 0 aromatic heterocycles. The smallest absolute Gasteiger partial charge is 0.0274 e. The number of nitrogens with one attached hydrogen (secondary N) is 1. The molecule has 1 saturated heterocycles. The number of fused-ring (bicyclic) bond motifs is 1. The molecule has 0 saturated carbocycles. The van der Waals surface area contributed by atoms with Gasteiger partial charge in [0, 0.05) is 42.9 Å². The Labute approximate surface area is 114 Å². The van der Waals surface area contributed by atoms with Crippen LogP contribution in [0.3, 0.4) is 0 Å². The van der Waals surface area contributed by atoms with Crippen molar-refractivity contribution in [3.05, 3.63) is 29.8 Å². The van der Waals surface area contributed by atoms with Gasteiger partial charge in [0.15, 0.2) is 0 Å². The fourth-order valence-electron chi connectivity index (χ4n) is 2.56. The van der Waals surface area contributed by atoms with Crippen molar-refractivity contribution in [2.24, 2.45) is 0 Å². The SMILES string of the molecule is CN1CCN(NCC2Cc3ccccc3S2)CC1. The Bertz CT molecular complexity index is 377. The van der Waals surface area contributed by atoms with Crippen LogP contribution < -0.4 is 5.43 Å². The van der Waals surface area contributed by atoms with Crippen LogP contribution in [0.1, 0.15) is 5.56 Å². The molecular weight excluding hydrogens is 242 g/mol. The molecule has 0 aliphatic carbocycles. The average molecular weight is 263 g/mol. The van der Waals surface area contributed by atoms with Gasteiger partial charge in [0.1, 0.15) is 0 Å². The first-order valence-electron chi connectivity index (χ1n) is 6.73. The fourth-order valence-corrected chi connectivity index (χ4v) is 3.80. The summed E-state index contributed by atoms with van der Waals surface area (Å²) in [5, 5.41) is 3.07. The van der Waals surface area contributed by atoms with Crippen molar-refractivity contribution in [3.63, 3.8) is 0 Å². The van der Waals surface area contributed by atoms with E-state index >= 15 is 0 Å². The molecule has 2 heterocycles. The van der Waals surface area contributed by atoms with Gasteiger partial charge in [-0.2, -0.15) is 0 Å². The van der Waals surface area contributed by atoms with Gasteiger partial charge in [-0.3, -0.25) is 5.43 Å². The molecule has 4 heteroatoms. The molecule has 3 nitrogen and oxygen atoms in total. The van der Waals surface area contributed by atoms with Crippen LogP contribution in [0.5, 0.6) is 0 Å². The van der Waals surface area contributed by atoms with Crippen molar-refractivity contribution in [2.45, 2.75) is 16.6 Å². The summed E-state index contributed by atoms with van der Waals surface area (Å²) in [5.41, 5.74) is 5.13. The number of benzene rings is 1. The maximum atomic E-state index is 3.60. The fraction of sp³-hybridized carbons (Fsp3) is 0.571. The Balaban J connectivity index is 1.46. The van der Waals surface area contributed by atoms with E-state index in [1.165, 1.54) is 30.0 Å². The van der Waals surface area contributed by atoms with Crippen LogP contribution in [0, 0.1) is 0 Å². The molecule has 0 bridgehead atoms. The highest BCUT2D eigenvalue weighted by atomic mass is 32.2. The predicted octanol–water partition coefficient (Wildman–Crippen LogP) is 1.46. The van der Waals surface area contributed by atoms with Gasteiger partial charge in [0.2, 0.25) is 0 Å². The van der Waals surface area contributed by atoms with E-state index in [4.69, 9.17) is 0 Å². The molecule has 0 amide bonds. The highest BCUT2D eigenvalue weighted by Gasteiger charge is 2.22. The first-order valence-corrected chi connectivity index (χ1v) is 7.61. The van der Waals surface area contributed by atoms with Crippen LogP contribution in [-0.4, -0.2) is 54.9 Å². The second-order valence-corrected chi connectivity index (χ2v) is 6.55. The molecule has 1 fully saturated rings. The summed E-state index contributed by atoms with van der Waals surface area (Å²) in [7, 11) is 2.20. The third-order valence-corrected chi connectivity index (χ3v) is 5.08. The van der Waals surface area contributed by atoms with Crippen molar-refractivity contribution >= 4 is 11.8 Å². The molecule has 0 radical (unpaired) electrons. The third-order valence-electron chi connectivity index (χ3n) is 3.76. The highest BCUT2D eigenvalue weighted by molar-refractivity contribution is 8.00. The van der Waals surface area contributed by atoms with E-state index in [9.17, 15) is 0 Å². The van der Waals surface area contributed by atoms with Crippen LogP contribution in [0.25, 0.3) is 0 Å². The standard InChI is InChI=1S/C14H21N3S/c1-16-6-8-17(9-7-16)15-11-13-10-12-4-2-3-5-14(12)18-13/h2-5,13,15H,6-11H2,1H3. The van der Waals surface area contributed by atoms with Crippen molar-refractivity contribution in [1.82, 2.24) is 15.3 Å². The van der Waals surface area contributed by atoms with Crippen molar-refractivity contribution < 1.29 is 0 Å². The summed E-state index contributed by atoms with van der Waals surface area (Å²) in [5.74, 6) is 0. The molecule has 1 aromatic carbocycles. The first-order chi connectivity index (χ1) is 8.81. The van der Waals surface area contributed by atoms with E-state index in [2.05, 4.69) is 46.6 Å². The third kappa shape index (κ3) is 2.88. The van der Waals surface area contributed by atoms with Crippen LogP contribution in [0.15, 0.2) is 29.2 Å². The van der Waals surface area contributed by atoms with Crippen molar-refractivity contribution in [1.29, 1.82) is 0 Å². The minimum Gasteiger partial charge on any atom is -0.304 e. The Hall–Kier alpha value is -0.550. The maximum absolute atomic E-state index is 3.60. The van der Waals surface area contributed by atoms with Crippen LogP contribution >= 0.6 is 11.8 Å². The molecule has 2 aliphatic heterocycles. The van der Waals surface area contributed by atoms with Gasteiger partial charge < -0.3 is 4.90 Å². The van der Waals surface area contributed by atoms with E-state index in [1.807, 2.05) is 11.8 Å². The summed E-state index contributed by atoms with van der Waals surface area (Å²) < 4.78 is 0. The zero-order valence-electron chi connectivity index (χ0n) is 10.9. The van der Waals surface area contributed by atoms with E-state index in [1.54, 1.807) is 0 Å². The summed E-state index contributed by atoms with van der Waals surface area (Å²) in [6.45, 7) is 5.71. The summed E-state index contributed by atoms with van der Waals surface area (Å²) in [6.07, 6.45) is 1.21. The van der Waals surface area contributed by atoms with Crippen molar-refractivity contribution in [2.75, 3.05) is 39.8 Å². The number of hydrogen-bond donors (Lipinski definition) is 1. The molecule has 1 N–H and O–H groups in total. The molecule has 18 heavy (non-hydrogen) atoms. The van der Waals surface area contributed by atoms with E-state index in [0.29, 0.717) is 5.25 Å². The Morgan fingerprint density at radius 3 is 2.78 bits per heavy atom. The van der Waals surface area contributed by atoms with E-state index in [0.717, 1.165) is 19.6 Å². The Kier molecular flexibility index (Phi) is 3.89. The summed E-state index contributed by atoms with van der Waals surface area (Å²) in [4.78, 5) is 3.86. The number of hydrogen-bond acceptors (Lipinski definition) is 4. The number of nitrogens with zero attached hydrogens (tertiary/aromatic N) is 2. The highest BCUT2D eigenvalue weighted by Crippen LogP contribution is 2.36. The van der Waals surface area contributed by atoms with Gasteiger partial charge in [-0.05, 0) is 25.1 Å². The minimum atomic E-state index is 0.696. The monoisotopic (exact) mass is 263 g/mol. The van der Waals surface area contributed by atoms with Gasteiger partial charge in [0.25, 0.3) is 0 Å². The second-order valence-electron chi connectivity index (χ2n) is 5.20. The lowest BCUT2D eigenvalue weighted by Crippen LogP contribution is -2.52. The quantitative estimate of drug-likeness (QED) is 0.889. The van der Waals surface area contributed by atoms with E-state index < -0.39 is 0 Å². The largest absolute Gasteiger partial charge is 0.304 e. The molecule has 98 valence electrons. The van der Waals surface area contributed by atoms with Crippen LogP contribution in [0.2, 0.25) is 0 Å². The lowest BCUT2D eigenvalue weighted by Gasteiger charge is -2.33. The van der Waals surface area contributed by atoms with E-state index in [-0.39, 0.29) is 0 Å². The Morgan fingerprint density at radius 1 is 1.22 bits per heavy atom. The lowest BCUT2D eigenvalue weighted by molar-refractivity contribution is 0.105. The molecule has 1 unspecified atom stereocenters. The zero-order valence-corrected chi connectivity index (χ0v) is 11.7. The summed E-state index contributed by atoms with van der Waals surface area (Å²) in [6, 6.07) is 8.80. The van der Waals surface area contributed by atoms with Crippen LogP contribution in [0.4, 0.5) is 0 Å². The van der Waals surface area contributed by atoms with Gasteiger partial charge in [-0.15, -0.1) is 11.8 Å². The van der Waals surface area contributed by atoms with Gasteiger partial charge in [-0.25, -0.2) is 5.01 Å². The number of rotatable bonds is 3.